The Labute approximate surface area is 167 Å². The number of benzene rings is 2. The molecule has 0 unspecified atom stereocenters. The first-order chi connectivity index (χ1) is 14.0. The van der Waals surface area contributed by atoms with Gasteiger partial charge in [0.25, 0.3) is 5.91 Å². The van der Waals surface area contributed by atoms with Crippen LogP contribution in [0.2, 0.25) is 0 Å². The molecule has 29 heavy (non-hydrogen) atoms. The van der Waals surface area contributed by atoms with E-state index < -0.39 is 17.5 Å². The van der Waals surface area contributed by atoms with E-state index in [1.165, 1.54) is 18.3 Å². The van der Waals surface area contributed by atoms with E-state index in [9.17, 15) is 13.6 Å². The maximum absolute atomic E-state index is 13.8. The first-order valence-electron chi connectivity index (χ1n) is 9.21. The zero-order chi connectivity index (χ0) is 20.8. The third kappa shape index (κ3) is 5.04. The first kappa shape index (κ1) is 20.2. The fourth-order valence-corrected chi connectivity index (χ4v) is 2.80. The Kier molecular flexibility index (Phi) is 6.33. The van der Waals surface area contributed by atoms with Gasteiger partial charge in [-0.1, -0.05) is 0 Å². The molecule has 0 saturated carbocycles. The van der Waals surface area contributed by atoms with Gasteiger partial charge < -0.3 is 15.5 Å². The molecule has 0 fully saturated rings. The summed E-state index contributed by atoms with van der Waals surface area (Å²) in [6.45, 7) is 5.95. The molecule has 3 aromatic rings. The van der Waals surface area contributed by atoms with Gasteiger partial charge in [-0.25, -0.2) is 18.7 Å². The van der Waals surface area contributed by atoms with Gasteiger partial charge in [0, 0.05) is 36.7 Å². The van der Waals surface area contributed by atoms with Crippen molar-refractivity contribution in [2.45, 2.75) is 13.8 Å². The third-order valence-corrected chi connectivity index (χ3v) is 4.32. The molecule has 0 aliphatic carbocycles. The minimum atomic E-state index is -0.781. The SMILES string of the molecule is CCN(CC)c1ccc(NC(=O)c2ccnc(Nc3ccc(F)cc3F)n2)cc1. The van der Waals surface area contributed by atoms with Crippen LogP contribution in [0.3, 0.4) is 0 Å². The van der Waals surface area contributed by atoms with Crippen molar-refractivity contribution >= 4 is 28.9 Å². The normalized spacial score (nSPS) is 10.5. The molecule has 1 amide bonds. The van der Waals surface area contributed by atoms with Gasteiger partial charge in [0.1, 0.15) is 17.3 Å². The highest BCUT2D eigenvalue weighted by Crippen LogP contribution is 2.20. The van der Waals surface area contributed by atoms with Crippen LogP contribution in [0.1, 0.15) is 24.3 Å². The topological polar surface area (TPSA) is 70.2 Å². The number of carbonyl (C=O) groups excluding carboxylic acids is 1. The highest BCUT2D eigenvalue weighted by molar-refractivity contribution is 6.03. The van der Waals surface area contributed by atoms with E-state index in [0.717, 1.165) is 30.9 Å². The lowest BCUT2D eigenvalue weighted by atomic mass is 10.2. The monoisotopic (exact) mass is 397 g/mol. The number of anilines is 4. The summed E-state index contributed by atoms with van der Waals surface area (Å²) in [5, 5.41) is 5.41. The van der Waals surface area contributed by atoms with Gasteiger partial charge in [-0.15, -0.1) is 0 Å². The van der Waals surface area contributed by atoms with Crippen molar-refractivity contribution in [2.75, 3.05) is 28.6 Å². The largest absolute Gasteiger partial charge is 0.372 e. The van der Waals surface area contributed by atoms with E-state index in [1.807, 2.05) is 24.3 Å². The standard InChI is InChI=1S/C21H21F2N5O/c1-3-28(4-2)16-8-6-15(7-9-16)25-20(29)19-11-12-24-21(27-19)26-18-10-5-14(22)13-17(18)23/h5-13H,3-4H2,1-2H3,(H,25,29)(H,24,26,27). The highest BCUT2D eigenvalue weighted by atomic mass is 19.1. The van der Waals surface area contributed by atoms with Crippen LogP contribution in [-0.2, 0) is 0 Å². The molecule has 6 nitrogen and oxygen atoms in total. The molecule has 0 radical (unpaired) electrons. The Morgan fingerprint density at radius 3 is 2.41 bits per heavy atom. The molecule has 3 rings (SSSR count). The Bertz CT molecular complexity index is 991. The number of rotatable bonds is 7. The van der Waals surface area contributed by atoms with Crippen molar-refractivity contribution in [3.8, 4) is 0 Å². The molecular weight excluding hydrogens is 376 g/mol. The number of carbonyl (C=O) groups is 1. The summed E-state index contributed by atoms with van der Waals surface area (Å²) in [5.74, 6) is -1.86. The Morgan fingerprint density at radius 1 is 1.03 bits per heavy atom. The quantitative estimate of drug-likeness (QED) is 0.610. The predicted octanol–water partition coefficient (Wildman–Crippen LogP) is 4.60. The molecule has 0 atom stereocenters. The summed E-state index contributed by atoms with van der Waals surface area (Å²) in [5.41, 5.74) is 1.82. The lowest BCUT2D eigenvalue weighted by molar-refractivity contribution is 0.102. The van der Waals surface area contributed by atoms with Crippen LogP contribution < -0.4 is 15.5 Å². The lowest BCUT2D eigenvalue weighted by Crippen LogP contribution is -2.21. The van der Waals surface area contributed by atoms with Gasteiger partial charge in [0.15, 0.2) is 0 Å². The van der Waals surface area contributed by atoms with Crippen molar-refractivity contribution in [3.05, 3.63) is 72.1 Å². The fraction of sp³-hybridized carbons (Fsp3) is 0.190. The molecule has 1 aromatic heterocycles. The van der Waals surface area contributed by atoms with Crippen LogP contribution >= 0.6 is 0 Å². The second-order valence-electron chi connectivity index (χ2n) is 6.19. The van der Waals surface area contributed by atoms with Crippen LogP contribution in [0.15, 0.2) is 54.7 Å². The summed E-state index contributed by atoms with van der Waals surface area (Å²) in [6, 6.07) is 12.1. The predicted molar refractivity (Wildman–Crippen MR) is 110 cm³/mol. The zero-order valence-electron chi connectivity index (χ0n) is 16.1. The Morgan fingerprint density at radius 2 is 1.76 bits per heavy atom. The second kappa shape index (κ2) is 9.09. The zero-order valence-corrected chi connectivity index (χ0v) is 16.1. The summed E-state index contributed by atoms with van der Waals surface area (Å²) in [6.07, 6.45) is 1.38. The summed E-state index contributed by atoms with van der Waals surface area (Å²) < 4.78 is 26.8. The summed E-state index contributed by atoms with van der Waals surface area (Å²) in [7, 11) is 0. The minimum absolute atomic E-state index is 0.0101. The third-order valence-electron chi connectivity index (χ3n) is 4.32. The number of nitrogens with one attached hydrogen (secondary N) is 2. The number of halogens is 2. The van der Waals surface area contributed by atoms with Crippen molar-refractivity contribution in [1.29, 1.82) is 0 Å². The molecule has 2 aromatic carbocycles. The first-order valence-corrected chi connectivity index (χ1v) is 9.21. The van der Waals surface area contributed by atoms with Gasteiger partial charge in [0.2, 0.25) is 5.95 Å². The van der Waals surface area contributed by atoms with Gasteiger partial charge in [0.05, 0.1) is 5.69 Å². The molecule has 2 N–H and O–H groups in total. The summed E-state index contributed by atoms with van der Waals surface area (Å²) in [4.78, 5) is 22.8. The van der Waals surface area contributed by atoms with E-state index in [-0.39, 0.29) is 17.3 Å². The smallest absolute Gasteiger partial charge is 0.274 e. The van der Waals surface area contributed by atoms with Crippen molar-refractivity contribution in [3.63, 3.8) is 0 Å². The molecule has 0 aliphatic rings. The molecule has 0 saturated heterocycles. The maximum Gasteiger partial charge on any atom is 0.274 e. The van der Waals surface area contributed by atoms with Gasteiger partial charge in [-0.05, 0) is 56.3 Å². The number of hydrogen-bond donors (Lipinski definition) is 2. The average molecular weight is 397 g/mol. The molecule has 0 bridgehead atoms. The van der Waals surface area contributed by atoms with Gasteiger partial charge >= 0.3 is 0 Å². The second-order valence-corrected chi connectivity index (χ2v) is 6.19. The van der Waals surface area contributed by atoms with Gasteiger partial charge in [-0.3, -0.25) is 4.79 Å². The number of nitrogens with zero attached hydrogens (tertiary/aromatic N) is 3. The van der Waals surface area contributed by atoms with Crippen molar-refractivity contribution in [1.82, 2.24) is 9.97 Å². The van der Waals surface area contributed by atoms with Crippen LogP contribution in [0, 0.1) is 11.6 Å². The molecule has 1 heterocycles. The average Bonchev–Trinajstić information content (AvgIpc) is 2.72. The number of aromatic nitrogens is 2. The van der Waals surface area contributed by atoms with E-state index >= 15 is 0 Å². The lowest BCUT2D eigenvalue weighted by Gasteiger charge is -2.21. The molecule has 8 heteroatoms. The van der Waals surface area contributed by atoms with Crippen LogP contribution in [-0.4, -0.2) is 29.0 Å². The van der Waals surface area contributed by atoms with E-state index in [2.05, 4.69) is 39.3 Å². The van der Waals surface area contributed by atoms with E-state index in [1.54, 1.807) is 0 Å². The minimum Gasteiger partial charge on any atom is -0.372 e. The van der Waals surface area contributed by atoms with Crippen molar-refractivity contribution < 1.29 is 13.6 Å². The molecular formula is C21H21F2N5O. The van der Waals surface area contributed by atoms with E-state index in [0.29, 0.717) is 5.69 Å². The number of hydrogen-bond acceptors (Lipinski definition) is 5. The van der Waals surface area contributed by atoms with Crippen LogP contribution in [0.5, 0.6) is 0 Å². The Hall–Kier alpha value is -3.55. The van der Waals surface area contributed by atoms with Crippen LogP contribution in [0.4, 0.5) is 31.8 Å². The maximum atomic E-state index is 13.8. The highest BCUT2D eigenvalue weighted by Gasteiger charge is 2.11. The molecule has 0 aliphatic heterocycles. The van der Waals surface area contributed by atoms with Crippen LogP contribution in [0.25, 0.3) is 0 Å². The fourth-order valence-electron chi connectivity index (χ4n) is 2.80. The summed E-state index contributed by atoms with van der Waals surface area (Å²) >= 11 is 0. The van der Waals surface area contributed by atoms with E-state index in [4.69, 9.17) is 0 Å². The molecule has 0 spiro atoms. The van der Waals surface area contributed by atoms with Gasteiger partial charge in [-0.2, -0.15) is 0 Å². The molecule has 150 valence electrons. The van der Waals surface area contributed by atoms with Crippen molar-refractivity contribution in [2.24, 2.45) is 0 Å². The number of amides is 1. The Balaban J connectivity index is 1.70.